The summed E-state index contributed by atoms with van der Waals surface area (Å²) in [6.45, 7) is 7.22. The summed E-state index contributed by atoms with van der Waals surface area (Å²) in [7, 11) is 0. The molecule has 1 aliphatic rings. The van der Waals surface area contributed by atoms with Crippen molar-refractivity contribution in [1.29, 1.82) is 0 Å². The lowest BCUT2D eigenvalue weighted by atomic mass is 10.0. The highest BCUT2D eigenvalue weighted by Gasteiger charge is 2.23. The minimum absolute atomic E-state index is 0.0911. The molecule has 0 atom stereocenters. The molecule has 5 heteroatoms. The van der Waals surface area contributed by atoms with E-state index in [1.54, 1.807) is 0 Å². The Bertz CT molecular complexity index is 751. The summed E-state index contributed by atoms with van der Waals surface area (Å²) in [4.78, 5) is 16.5. The number of benzene rings is 2. The predicted molar refractivity (Wildman–Crippen MR) is 111 cm³/mol. The van der Waals surface area contributed by atoms with Crippen LogP contribution in [0, 0.1) is 0 Å². The number of thiocarbonyl (C=S) groups is 1. The highest BCUT2D eigenvalue weighted by atomic mass is 32.1. The van der Waals surface area contributed by atoms with Gasteiger partial charge in [-0.15, -0.1) is 0 Å². The molecule has 2 aromatic carbocycles. The smallest absolute Gasteiger partial charge is 0.253 e. The molecule has 0 aromatic heterocycles. The van der Waals surface area contributed by atoms with Gasteiger partial charge in [-0.2, -0.15) is 0 Å². The number of nitrogens with zero attached hydrogens (tertiary/aromatic N) is 2. The summed E-state index contributed by atoms with van der Waals surface area (Å²) < 4.78 is 0. The molecule has 0 unspecified atom stereocenters. The van der Waals surface area contributed by atoms with E-state index < -0.39 is 0 Å². The average Bonchev–Trinajstić information content (AvgIpc) is 2.68. The van der Waals surface area contributed by atoms with E-state index in [0.29, 0.717) is 24.1 Å². The SMILES string of the molecule is CC(C)c1ccc(NC(=S)N2CCN(C(=O)c3ccccc3)CC2)cc1. The molecule has 1 aliphatic heterocycles. The van der Waals surface area contributed by atoms with Gasteiger partial charge in [-0.1, -0.05) is 44.2 Å². The van der Waals surface area contributed by atoms with Crippen LogP contribution in [-0.4, -0.2) is 47.0 Å². The van der Waals surface area contributed by atoms with Crippen LogP contribution in [0.4, 0.5) is 5.69 Å². The molecule has 4 nitrogen and oxygen atoms in total. The standard InChI is InChI=1S/C21H25N3OS/c1-16(2)17-8-10-19(11-9-17)22-21(26)24-14-12-23(13-15-24)20(25)18-6-4-3-5-7-18/h3-11,16H,12-15H2,1-2H3,(H,22,26). The first-order valence-electron chi connectivity index (χ1n) is 9.05. The first-order chi connectivity index (χ1) is 12.5. The second-order valence-corrected chi connectivity index (χ2v) is 7.24. The zero-order chi connectivity index (χ0) is 18.5. The van der Waals surface area contributed by atoms with Crippen LogP contribution in [-0.2, 0) is 0 Å². The lowest BCUT2D eigenvalue weighted by Gasteiger charge is -2.36. The van der Waals surface area contributed by atoms with Gasteiger partial charge in [-0.3, -0.25) is 4.79 Å². The van der Waals surface area contributed by atoms with Crippen molar-refractivity contribution < 1.29 is 4.79 Å². The van der Waals surface area contributed by atoms with Crippen LogP contribution >= 0.6 is 12.2 Å². The monoisotopic (exact) mass is 367 g/mol. The molecule has 1 saturated heterocycles. The van der Waals surface area contributed by atoms with E-state index in [-0.39, 0.29) is 5.91 Å². The molecule has 26 heavy (non-hydrogen) atoms. The van der Waals surface area contributed by atoms with E-state index in [4.69, 9.17) is 12.2 Å². The summed E-state index contributed by atoms with van der Waals surface area (Å²) in [6, 6.07) is 17.8. The van der Waals surface area contributed by atoms with Crippen LogP contribution in [0.3, 0.4) is 0 Å². The Kier molecular flexibility index (Phi) is 5.89. The molecule has 3 rings (SSSR count). The third-order valence-corrected chi connectivity index (χ3v) is 5.06. The number of carbonyl (C=O) groups excluding carboxylic acids is 1. The van der Waals surface area contributed by atoms with Gasteiger partial charge in [0.05, 0.1) is 0 Å². The third-order valence-electron chi connectivity index (χ3n) is 4.70. The fourth-order valence-corrected chi connectivity index (χ4v) is 3.33. The molecule has 136 valence electrons. The molecule has 2 aromatic rings. The number of anilines is 1. The minimum atomic E-state index is 0.0911. The summed E-state index contributed by atoms with van der Waals surface area (Å²) in [5.74, 6) is 0.611. The molecule has 0 radical (unpaired) electrons. The lowest BCUT2D eigenvalue weighted by Crippen LogP contribution is -2.51. The van der Waals surface area contributed by atoms with Gasteiger partial charge in [0.1, 0.15) is 0 Å². The average molecular weight is 368 g/mol. The van der Waals surface area contributed by atoms with Gasteiger partial charge in [0.15, 0.2) is 5.11 Å². The van der Waals surface area contributed by atoms with Crippen molar-refractivity contribution in [2.24, 2.45) is 0 Å². The largest absolute Gasteiger partial charge is 0.345 e. The van der Waals surface area contributed by atoms with Crippen molar-refractivity contribution in [2.75, 3.05) is 31.5 Å². The molecule has 0 saturated carbocycles. The number of nitrogens with one attached hydrogen (secondary N) is 1. The third kappa shape index (κ3) is 4.41. The number of rotatable bonds is 3. The van der Waals surface area contributed by atoms with Gasteiger partial charge in [-0.25, -0.2) is 0 Å². The molecular formula is C21H25N3OS. The van der Waals surface area contributed by atoms with E-state index >= 15 is 0 Å². The zero-order valence-electron chi connectivity index (χ0n) is 15.3. The molecule has 0 aliphatic carbocycles. The number of carbonyl (C=O) groups is 1. The summed E-state index contributed by atoms with van der Waals surface area (Å²) >= 11 is 5.55. The van der Waals surface area contributed by atoms with E-state index in [2.05, 4.69) is 48.3 Å². The van der Waals surface area contributed by atoms with E-state index in [9.17, 15) is 4.79 Å². The number of piperazine rings is 1. The normalized spacial score (nSPS) is 14.4. The fraction of sp³-hybridized carbons (Fsp3) is 0.333. The molecule has 0 spiro atoms. The summed E-state index contributed by atoms with van der Waals surface area (Å²) in [5, 5.41) is 4.02. The Labute approximate surface area is 160 Å². The predicted octanol–water partition coefficient (Wildman–Crippen LogP) is 3.96. The quantitative estimate of drug-likeness (QED) is 0.833. The summed E-state index contributed by atoms with van der Waals surface area (Å²) in [5.41, 5.74) is 3.06. The van der Waals surface area contributed by atoms with Crippen LogP contribution in [0.1, 0.15) is 35.7 Å². The fourth-order valence-electron chi connectivity index (χ4n) is 3.03. The maximum atomic E-state index is 12.5. The van der Waals surface area contributed by atoms with Gasteiger partial charge < -0.3 is 15.1 Å². The van der Waals surface area contributed by atoms with Crippen molar-refractivity contribution >= 4 is 28.9 Å². The highest BCUT2D eigenvalue weighted by molar-refractivity contribution is 7.80. The Balaban J connectivity index is 1.52. The van der Waals surface area contributed by atoms with Gasteiger partial charge in [-0.05, 0) is 48.0 Å². The van der Waals surface area contributed by atoms with Crippen molar-refractivity contribution in [1.82, 2.24) is 9.80 Å². The Hall–Kier alpha value is -2.40. The van der Waals surface area contributed by atoms with Crippen molar-refractivity contribution in [3.05, 3.63) is 65.7 Å². The molecule has 1 amide bonds. The van der Waals surface area contributed by atoms with Gasteiger partial charge >= 0.3 is 0 Å². The topological polar surface area (TPSA) is 35.6 Å². The maximum absolute atomic E-state index is 12.5. The minimum Gasteiger partial charge on any atom is -0.345 e. The van der Waals surface area contributed by atoms with Crippen LogP contribution in [0.5, 0.6) is 0 Å². The number of amides is 1. The van der Waals surface area contributed by atoms with E-state index in [1.165, 1.54) is 5.56 Å². The van der Waals surface area contributed by atoms with Crippen LogP contribution < -0.4 is 5.32 Å². The Morgan fingerprint density at radius 3 is 2.08 bits per heavy atom. The highest BCUT2D eigenvalue weighted by Crippen LogP contribution is 2.18. The molecule has 1 heterocycles. The Morgan fingerprint density at radius 1 is 0.923 bits per heavy atom. The lowest BCUT2D eigenvalue weighted by molar-refractivity contribution is 0.0693. The second kappa shape index (κ2) is 8.32. The van der Waals surface area contributed by atoms with Gasteiger partial charge in [0, 0.05) is 37.4 Å². The second-order valence-electron chi connectivity index (χ2n) is 6.85. The molecule has 0 bridgehead atoms. The van der Waals surface area contributed by atoms with Gasteiger partial charge in [0.25, 0.3) is 5.91 Å². The van der Waals surface area contributed by atoms with Crippen LogP contribution in [0.25, 0.3) is 0 Å². The molecule has 1 N–H and O–H groups in total. The van der Waals surface area contributed by atoms with Gasteiger partial charge in [0.2, 0.25) is 0 Å². The zero-order valence-corrected chi connectivity index (χ0v) is 16.1. The summed E-state index contributed by atoms with van der Waals surface area (Å²) in [6.07, 6.45) is 0. The van der Waals surface area contributed by atoms with Crippen molar-refractivity contribution in [2.45, 2.75) is 19.8 Å². The number of hydrogen-bond donors (Lipinski definition) is 1. The molecule has 1 fully saturated rings. The van der Waals surface area contributed by atoms with Crippen molar-refractivity contribution in [3.63, 3.8) is 0 Å². The van der Waals surface area contributed by atoms with E-state index in [0.717, 1.165) is 24.3 Å². The first kappa shape index (κ1) is 18.4. The first-order valence-corrected chi connectivity index (χ1v) is 9.45. The maximum Gasteiger partial charge on any atom is 0.253 e. The van der Waals surface area contributed by atoms with Crippen LogP contribution in [0.2, 0.25) is 0 Å². The van der Waals surface area contributed by atoms with Crippen LogP contribution in [0.15, 0.2) is 54.6 Å². The molecular weight excluding hydrogens is 342 g/mol. The number of hydrogen-bond acceptors (Lipinski definition) is 2. The Morgan fingerprint density at radius 2 is 1.50 bits per heavy atom. The van der Waals surface area contributed by atoms with Crippen molar-refractivity contribution in [3.8, 4) is 0 Å². The van der Waals surface area contributed by atoms with E-state index in [1.807, 2.05) is 35.2 Å².